The van der Waals surface area contributed by atoms with E-state index in [9.17, 15) is 15.0 Å². The van der Waals surface area contributed by atoms with Crippen molar-refractivity contribution in [2.75, 3.05) is 32.8 Å². The van der Waals surface area contributed by atoms with Crippen LogP contribution in [0.3, 0.4) is 0 Å². The number of hydrogen-bond donors (Lipinski definition) is 2. The molecule has 0 aromatic heterocycles. The number of benzene rings is 2. The number of phenols is 1. The fourth-order valence-electron chi connectivity index (χ4n) is 5.21. The predicted molar refractivity (Wildman–Crippen MR) is 146 cm³/mol. The summed E-state index contributed by atoms with van der Waals surface area (Å²) in [7, 11) is 0. The summed E-state index contributed by atoms with van der Waals surface area (Å²) >= 11 is 0. The Kier molecular flexibility index (Phi) is 8.46. The first-order valence-corrected chi connectivity index (χ1v) is 13.6. The average molecular weight is 510 g/mol. The van der Waals surface area contributed by atoms with Crippen LogP contribution < -0.4 is 4.74 Å². The fourth-order valence-corrected chi connectivity index (χ4v) is 5.21. The maximum absolute atomic E-state index is 13.5. The Morgan fingerprint density at radius 3 is 2.46 bits per heavy atom. The number of carbonyl (C=O) groups excluding carboxylic acids is 1. The molecule has 2 aromatic carbocycles. The number of amides is 1. The van der Waals surface area contributed by atoms with Crippen molar-refractivity contribution in [2.45, 2.75) is 72.3 Å². The van der Waals surface area contributed by atoms with Gasteiger partial charge in [-0.25, -0.2) is 0 Å². The molecule has 2 aliphatic heterocycles. The molecule has 2 heterocycles. The Bertz CT molecular complexity index is 1090. The maximum Gasteiger partial charge on any atom is 0.254 e. The van der Waals surface area contributed by atoms with Crippen LogP contribution in [-0.2, 0) is 19.5 Å². The van der Waals surface area contributed by atoms with E-state index in [4.69, 9.17) is 4.74 Å². The van der Waals surface area contributed by atoms with Crippen LogP contribution in [0.1, 0.15) is 68.1 Å². The standard InChI is InChI=1S/C30H43N3O4/c1-21(2)20-37-28-17-23(9-10-27(28)35)11-12-30(4,5)33-18-24-7-6-8-25(26(24)19-33)29(36)32-15-13-31(14-16-32)22(3)34/h6-10,17,21-22,34-35H,11-16,18-20H2,1-5H3. The molecule has 1 fully saturated rings. The number of aliphatic hydroxyl groups is 1. The molecule has 37 heavy (non-hydrogen) atoms. The third-order valence-electron chi connectivity index (χ3n) is 7.82. The van der Waals surface area contributed by atoms with E-state index in [0.717, 1.165) is 42.6 Å². The minimum absolute atomic E-state index is 0.0704. The second kappa shape index (κ2) is 11.4. The molecule has 1 saturated heterocycles. The topological polar surface area (TPSA) is 76.5 Å². The smallest absolute Gasteiger partial charge is 0.254 e. The number of ether oxygens (including phenoxy) is 1. The van der Waals surface area contributed by atoms with Gasteiger partial charge in [-0.2, -0.15) is 0 Å². The van der Waals surface area contributed by atoms with Crippen LogP contribution in [0.4, 0.5) is 0 Å². The molecule has 4 rings (SSSR count). The SMILES string of the molecule is CC(C)COc1cc(CCC(C)(C)N2Cc3cccc(C(=O)N4CCN(C(C)O)CC4)c3C2)ccc1O. The largest absolute Gasteiger partial charge is 0.504 e. The lowest BCUT2D eigenvalue weighted by molar-refractivity contribution is -0.0102. The molecule has 0 aliphatic carbocycles. The lowest BCUT2D eigenvalue weighted by Gasteiger charge is -2.36. The van der Waals surface area contributed by atoms with Gasteiger partial charge in [-0.05, 0) is 74.4 Å². The van der Waals surface area contributed by atoms with Gasteiger partial charge in [0.25, 0.3) is 5.91 Å². The normalized spacial score (nSPS) is 17.8. The monoisotopic (exact) mass is 509 g/mol. The maximum atomic E-state index is 13.5. The Labute approximate surface area is 221 Å². The van der Waals surface area contributed by atoms with Gasteiger partial charge >= 0.3 is 0 Å². The number of aryl methyl sites for hydroxylation is 1. The second-order valence-corrected chi connectivity index (χ2v) is 11.6. The molecular formula is C30H43N3O4. The third-order valence-corrected chi connectivity index (χ3v) is 7.82. The van der Waals surface area contributed by atoms with Crippen LogP contribution in [-0.4, -0.2) is 75.4 Å². The zero-order valence-electron chi connectivity index (χ0n) is 23.0. The van der Waals surface area contributed by atoms with Crippen molar-refractivity contribution in [3.05, 3.63) is 58.7 Å². The molecule has 202 valence electrons. The summed E-state index contributed by atoms with van der Waals surface area (Å²) in [6.45, 7) is 15.3. The molecule has 0 spiro atoms. The zero-order valence-corrected chi connectivity index (χ0v) is 23.0. The van der Waals surface area contributed by atoms with Crippen molar-refractivity contribution < 1.29 is 19.7 Å². The van der Waals surface area contributed by atoms with Crippen LogP contribution in [0.25, 0.3) is 0 Å². The summed E-state index contributed by atoms with van der Waals surface area (Å²) in [5.41, 5.74) is 4.27. The highest BCUT2D eigenvalue weighted by Gasteiger charge is 2.34. The number of fused-ring (bicyclic) bond motifs is 1. The lowest BCUT2D eigenvalue weighted by Crippen LogP contribution is -2.51. The Morgan fingerprint density at radius 1 is 1.05 bits per heavy atom. The number of phenolic OH excluding ortho intramolecular Hbond substituents is 1. The van der Waals surface area contributed by atoms with E-state index in [1.54, 1.807) is 13.0 Å². The first-order valence-electron chi connectivity index (χ1n) is 13.6. The Morgan fingerprint density at radius 2 is 1.78 bits per heavy atom. The molecule has 0 saturated carbocycles. The summed E-state index contributed by atoms with van der Waals surface area (Å²) in [5.74, 6) is 1.22. The van der Waals surface area contributed by atoms with E-state index >= 15 is 0 Å². The number of piperazine rings is 1. The highest BCUT2D eigenvalue weighted by atomic mass is 16.5. The molecule has 2 aromatic rings. The van der Waals surface area contributed by atoms with Gasteiger partial charge in [0, 0.05) is 50.4 Å². The summed E-state index contributed by atoms with van der Waals surface area (Å²) in [6, 6.07) is 11.8. The molecule has 1 unspecified atom stereocenters. The van der Waals surface area contributed by atoms with E-state index in [0.29, 0.717) is 44.5 Å². The first kappa shape index (κ1) is 27.4. The van der Waals surface area contributed by atoms with Crippen molar-refractivity contribution in [1.82, 2.24) is 14.7 Å². The highest BCUT2D eigenvalue weighted by molar-refractivity contribution is 5.96. The molecule has 2 aliphatic rings. The van der Waals surface area contributed by atoms with E-state index in [1.807, 2.05) is 34.1 Å². The minimum Gasteiger partial charge on any atom is -0.504 e. The zero-order chi connectivity index (χ0) is 26.7. The van der Waals surface area contributed by atoms with E-state index in [-0.39, 0.29) is 17.2 Å². The molecule has 0 bridgehead atoms. The number of rotatable bonds is 9. The predicted octanol–water partition coefficient (Wildman–Crippen LogP) is 4.25. The van der Waals surface area contributed by atoms with Gasteiger partial charge in [-0.3, -0.25) is 14.6 Å². The summed E-state index contributed by atoms with van der Waals surface area (Å²) in [6.07, 6.45) is 1.34. The lowest BCUT2D eigenvalue weighted by atomic mass is 9.93. The quantitative estimate of drug-likeness (QED) is 0.526. The molecule has 1 atom stereocenters. The van der Waals surface area contributed by atoms with Crippen molar-refractivity contribution >= 4 is 5.91 Å². The minimum atomic E-state index is -0.477. The number of carbonyl (C=O) groups is 1. The van der Waals surface area contributed by atoms with Crippen molar-refractivity contribution in [2.24, 2.45) is 5.92 Å². The van der Waals surface area contributed by atoms with Crippen LogP contribution >= 0.6 is 0 Å². The Balaban J connectivity index is 1.40. The van der Waals surface area contributed by atoms with Crippen molar-refractivity contribution in [1.29, 1.82) is 0 Å². The van der Waals surface area contributed by atoms with Crippen LogP contribution in [0.15, 0.2) is 36.4 Å². The summed E-state index contributed by atoms with van der Waals surface area (Å²) in [5, 5.41) is 20.0. The molecule has 7 heteroatoms. The number of aromatic hydroxyl groups is 1. The van der Waals surface area contributed by atoms with Crippen molar-refractivity contribution in [3.8, 4) is 11.5 Å². The third kappa shape index (κ3) is 6.46. The molecule has 1 amide bonds. The van der Waals surface area contributed by atoms with Gasteiger partial charge in [-0.1, -0.05) is 32.0 Å². The number of aliphatic hydroxyl groups excluding tert-OH is 1. The van der Waals surface area contributed by atoms with Crippen molar-refractivity contribution in [3.63, 3.8) is 0 Å². The Hall–Kier alpha value is -2.61. The van der Waals surface area contributed by atoms with Gasteiger partial charge < -0.3 is 19.8 Å². The van der Waals surface area contributed by atoms with Crippen LogP contribution in [0.5, 0.6) is 11.5 Å². The summed E-state index contributed by atoms with van der Waals surface area (Å²) < 4.78 is 5.80. The van der Waals surface area contributed by atoms with Gasteiger partial charge in [-0.15, -0.1) is 0 Å². The average Bonchev–Trinajstić information content (AvgIpc) is 3.33. The number of nitrogens with zero attached hydrogens (tertiary/aromatic N) is 3. The van der Waals surface area contributed by atoms with E-state index < -0.39 is 6.23 Å². The fraction of sp³-hybridized carbons (Fsp3) is 0.567. The van der Waals surface area contributed by atoms with E-state index in [2.05, 4.69) is 38.7 Å². The second-order valence-electron chi connectivity index (χ2n) is 11.6. The first-order chi connectivity index (χ1) is 17.5. The molecule has 7 nitrogen and oxygen atoms in total. The highest BCUT2D eigenvalue weighted by Crippen LogP contribution is 2.35. The van der Waals surface area contributed by atoms with Gasteiger partial charge in [0.1, 0.15) is 6.23 Å². The van der Waals surface area contributed by atoms with Gasteiger partial charge in [0.2, 0.25) is 0 Å². The molecule has 2 N–H and O–H groups in total. The molecule has 0 radical (unpaired) electrons. The van der Waals surface area contributed by atoms with Crippen LogP contribution in [0.2, 0.25) is 0 Å². The van der Waals surface area contributed by atoms with E-state index in [1.165, 1.54) is 5.56 Å². The van der Waals surface area contributed by atoms with Crippen LogP contribution in [0, 0.1) is 5.92 Å². The summed E-state index contributed by atoms with van der Waals surface area (Å²) in [4.78, 5) is 19.8. The van der Waals surface area contributed by atoms with Gasteiger partial charge in [0.05, 0.1) is 6.61 Å². The molecular weight excluding hydrogens is 466 g/mol. The van der Waals surface area contributed by atoms with Gasteiger partial charge in [0.15, 0.2) is 11.5 Å². The number of hydrogen-bond acceptors (Lipinski definition) is 6.